The number of rotatable bonds is 18. The van der Waals surface area contributed by atoms with E-state index in [1.165, 1.54) is 52.1 Å². The van der Waals surface area contributed by atoms with Gasteiger partial charge in [0.05, 0.1) is 35.6 Å². The van der Waals surface area contributed by atoms with E-state index in [2.05, 4.69) is 316 Å². The van der Waals surface area contributed by atoms with Gasteiger partial charge in [-0.25, -0.2) is 8.78 Å². The van der Waals surface area contributed by atoms with Crippen LogP contribution in [0.15, 0.2) is 164 Å². The SMILES string of the molecule is Cc1ccc2c3ccc(C)cc3n(-c3cc(C(C)(C)CC(C)(C)C)cc(-c4cc(F)cc(C)c4OC[C@@H]4CCCC[C@H]4COc4c(C)cc(F)cc4-c4cc(C(C)(C)CC(C)(C)C)cc(Nc5cc(-c6cc(C(C)(C)C)cc(C(C)(C)C)c6)ccc5-c5ccc(-c6cc(C(C)(C)C)cc(C(C)(C)C)c6)cc5)c4O)c3O)c2c1.[CH3-].[CH3-].[Hf]. The number of aromatic nitrogens is 1. The molecule has 11 aromatic rings. The maximum absolute atomic E-state index is 16.7. The third-order valence-corrected chi connectivity index (χ3v) is 23.5. The van der Waals surface area contributed by atoms with Crippen LogP contribution in [-0.2, 0) is 58.3 Å². The van der Waals surface area contributed by atoms with E-state index in [1.54, 1.807) is 0 Å². The Bertz CT molecular complexity index is 5250. The van der Waals surface area contributed by atoms with Crippen LogP contribution in [0.5, 0.6) is 23.0 Å². The Morgan fingerprint density at radius 3 is 1.17 bits per heavy atom. The Morgan fingerprint density at radius 1 is 0.374 bits per heavy atom. The smallest absolute Gasteiger partial charge is 0.147 e. The molecule has 0 saturated heterocycles. The van der Waals surface area contributed by atoms with Crippen LogP contribution in [-0.4, -0.2) is 28.0 Å². The molecule has 1 aromatic heterocycles. The van der Waals surface area contributed by atoms with Gasteiger partial charge < -0.3 is 44.4 Å². The fourth-order valence-corrected chi connectivity index (χ4v) is 17.8. The summed E-state index contributed by atoms with van der Waals surface area (Å²) in [6.07, 6.45) is 5.39. The Hall–Kier alpha value is -8.27. The monoisotopic (exact) mass is 1710 g/mol. The van der Waals surface area contributed by atoms with Crippen molar-refractivity contribution in [1.82, 2.24) is 4.57 Å². The van der Waals surface area contributed by atoms with Gasteiger partial charge in [0.2, 0.25) is 0 Å². The zero-order valence-electron chi connectivity index (χ0n) is 74.8. The van der Waals surface area contributed by atoms with E-state index in [0.29, 0.717) is 69.5 Å². The van der Waals surface area contributed by atoms with Crippen molar-refractivity contribution in [3.05, 3.63) is 246 Å². The summed E-state index contributed by atoms with van der Waals surface area (Å²) in [4.78, 5) is 0. The first-order valence-corrected chi connectivity index (χ1v) is 41.0. The topological polar surface area (TPSA) is 75.9 Å². The number of nitrogens with one attached hydrogen (secondary N) is 1. The molecule has 115 heavy (non-hydrogen) atoms. The number of hydrogen-bond donors (Lipinski definition) is 3. The van der Waals surface area contributed by atoms with Gasteiger partial charge in [-0.1, -0.05) is 262 Å². The number of ether oxygens (including phenoxy) is 2. The molecule has 9 heteroatoms. The van der Waals surface area contributed by atoms with Crippen molar-refractivity contribution < 1.29 is 54.3 Å². The average molecular weight is 1710 g/mol. The standard InChI is InChI=1S/C104H126F2N2O4.2CH3.Hf/c1-62-31-38-82-83-39-32-63(2)42-91(83)108(90(82)41-62)92-55-78(104(25,26)61-98(8,9)10)53-85(94(92)110)87-57-80(106)44-65(4)96(87)112-59-70-30-28-27-29-69(70)58-111-95-64(3)43-79(105)56-86(95)84-52-77(103(23,24)60-97(5,6)7)54-89(93(84)109)107-88-49-68(72-47-75(101(17,18)19)51-76(48-72)102(20,21)22)37-40-81(88)67-35-33-66(34-36-67)71-45-73(99(11,12)13)50-74(46-71)100(14,15)16;;;/h31-57,69-70,107,109-110H,27-30,58-61H2,1-26H3;2*1H3;/q;2*-1;/t69-,70-;;;/m0.../s1. The molecule has 1 aliphatic rings. The second kappa shape index (κ2) is 33.6. The van der Waals surface area contributed by atoms with Gasteiger partial charge in [-0.05, 0) is 259 Å². The molecular weight excluding hydrogens is 1580 g/mol. The first-order chi connectivity index (χ1) is 52.0. The van der Waals surface area contributed by atoms with Crippen molar-refractivity contribution >= 4 is 33.2 Å². The molecule has 0 aliphatic heterocycles. The fraction of sp³-hybridized carbons (Fsp3) is 0.415. The van der Waals surface area contributed by atoms with E-state index in [4.69, 9.17) is 9.47 Å². The maximum atomic E-state index is 16.7. The minimum Gasteiger partial charge on any atom is -0.505 e. The van der Waals surface area contributed by atoms with Gasteiger partial charge in [0, 0.05) is 70.1 Å². The molecule has 0 radical (unpaired) electrons. The number of halogens is 2. The molecule has 610 valence electrons. The molecule has 1 saturated carbocycles. The van der Waals surface area contributed by atoms with E-state index in [-0.39, 0.29) is 102 Å². The Kier molecular flexibility index (Phi) is 26.5. The van der Waals surface area contributed by atoms with Gasteiger partial charge in [0.1, 0.15) is 34.6 Å². The second-order valence-electron chi connectivity index (χ2n) is 41.1. The first-order valence-electron chi connectivity index (χ1n) is 41.0. The summed E-state index contributed by atoms with van der Waals surface area (Å²) in [7, 11) is 0. The van der Waals surface area contributed by atoms with Crippen molar-refractivity contribution in [2.45, 2.75) is 251 Å². The second-order valence-corrected chi connectivity index (χ2v) is 41.1. The zero-order valence-corrected chi connectivity index (χ0v) is 78.4. The average Bonchev–Trinajstić information content (AvgIpc) is 1.63. The van der Waals surface area contributed by atoms with Crippen LogP contribution >= 0.6 is 0 Å². The van der Waals surface area contributed by atoms with Crippen LogP contribution in [0.1, 0.15) is 246 Å². The summed E-state index contributed by atoms with van der Waals surface area (Å²) >= 11 is 0. The number of hydrogen-bond acceptors (Lipinski definition) is 5. The van der Waals surface area contributed by atoms with Crippen molar-refractivity contribution in [2.24, 2.45) is 22.7 Å². The summed E-state index contributed by atoms with van der Waals surface area (Å²) in [5, 5.41) is 32.7. The van der Waals surface area contributed by atoms with E-state index in [0.717, 1.165) is 116 Å². The van der Waals surface area contributed by atoms with Gasteiger partial charge in [0.15, 0.2) is 0 Å². The largest absolute Gasteiger partial charge is 0.505 e. The molecule has 1 heterocycles. The van der Waals surface area contributed by atoms with Crippen molar-refractivity contribution in [3.8, 4) is 84.3 Å². The van der Waals surface area contributed by atoms with Gasteiger partial charge in [-0.2, -0.15) is 0 Å². The fourth-order valence-electron chi connectivity index (χ4n) is 17.8. The van der Waals surface area contributed by atoms with Crippen LogP contribution in [0.25, 0.3) is 83.1 Å². The molecule has 3 N–H and O–H groups in total. The summed E-state index contributed by atoms with van der Waals surface area (Å²) in [6, 6.07) is 57.1. The molecular formula is C106H132F2HfN2O4-2. The van der Waals surface area contributed by atoms with Crippen LogP contribution in [0.2, 0.25) is 0 Å². The number of aromatic hydroxyl groups is 2. The molecule has 6 nitrogen and oxygen atoms in total. The Labute approximate surface area is 709 Å². The van der Waals surface area contributed by atoms with Crippen LogP contribution in [0, 0.1) is 76.8 Å². The van der Waals surface area contributed by atoms with Crippen molar-refractivity contribution in [2.75, 3.05) is 18.5 Å². The third-order valence-electron chi connectivity index (χ3n) is 23.5. The van der Waals surface area contributed by atoms with Gasteiger partial charge in [-0.15, -0.1) is 0 Å². The number of aryl methyl sites for hydroxylation is 4. The minimum atomic E-state index is -0.436. The van der Waals surface area contributed by atoms with E-state index < -0.39 is 17.0 Å². The Morgan fingerprint density at radius 2 is 0.757 bits per heavy atom. The molecule has 0 unspecified atom stereocenters. The molecule has 12 rings (SSSR count). The van der Waals surface area contributed by atoms with Crippen LogP contribution < -0.4 is 14.8 Å². The van der Waals surface area contributed by atoms with Crippen molar-refractivity contribution in [1.29, 1.82) is 0 Å². The Balaban J connectivity index is 0.00000504. The van der Waals surface area contributed by atoms with Gasteiger partial charge in [0.25, 0.3) is 0 Å². The summed E-state index contributed by atoms with van der Waals surface area (Å²) < 4.78 is 49.7. The number of phenols is 2. The third kappa shape index (κ3) is 20.1. The normalized spacial score (nSPS) is 14.6. The van der Waals surface area contributed by atoms with Gasteiger partial charge >= 0.3 is 0 Å². The molecule has 2 atom stereocenters. The van der Waals surface area contributed by atoms with E-state index in [9.17, 15) is 10.2 Å². The molecule has 0 spiro atoms. The molecule has 0 bridgehead atoms. The van der Waals surface area contributed by atoms with Crippen LogP contribution in [0.4, 0.5) is 20.2 Å². The van der Waals surface area contributed by atoms with Crippen molar-refractivity contribution in [3.63, 3.8) is 0 Å². The quantitative estimate of drug-likeness (QED) is 0.0453. The predicted molar refractivity (Wildman–Crippen MR) is 485 cm³/mol. The number of nitrogens with zero attached hydrogens (tertiary/aromatic N) is 1. The molecule has 1 aliphatic carbocycles. The van der Waals surface area contributed by atoms with E-state index >= 15 is 8.78 Å². The molecule has 0 amide bonds. The van der Waals surface area contributed by atoms with Gasteiger partial charge in [-0.3, -0.25) is 0 Å². The number of phenolic OH excluding ortho intramolecular Hbond substituents is 2. The zero-order chi connectivity index (χ0) is 81.7. The number of fused-ring (bicyclic) bond motifs is 3. The first kappa shape index (κ1) is 90.6. The molecule has 1 fully saturated rings. The minimum absolute atomic E-state index is 0. The predicted octanol–water partition coefficient (Wildman–Crippen LogP) is 30.6. The summed E-state index contributed by atoms with van der Waals surface area (Å²) in [6.45, 7) is 58.5. The van der Waals surface area contributed by atoms with Crippen LogP contribution in [0.3, 0.4) is 0 Å². The number of benzene rings is 10. The summed E-state index contributed by atoms with van der Waals surface area (Å²) in [5.74, 6) is 0.218. The van der Waals surface area contributed by atoms with E-state index in [1.807, 2.05) is 13.8 Å². The summed E-state index contributed by atoms with van der Waals surface area (Å²) in [5.41, 5.74) is 21.5. The number of anilines is 2. The maximum Gasteiger partial charge on any atom is 0.147 e. The molecule has 10 aromatic carbocycles.